The fourth-order valence-electron chi connectivity index (χ4n) is 1.48. The summed E-state index contributed by atoms with van der Waals surface area (Å²) >= 11 is 0. The van der Waals surface area contributed by atoms with E-state index < -0.39 is 23.8 Å². The molecule has 8 nitrogen and oxygen atoms in total. The van der Waals surface area contributed by atoms with Crippen LogP contribution in [0.25, 0.3) is 0 Å². The predicted octanol–water partition coefficient (Wildman–Crippen LogP) is -0.102. The minimum atomic E-state index is -1.18. The van der Waals surface area contributed by atoms with Crippen LogP contribution in [0, 0.1) is 0 Å². The van der Waals surface area contributed by atoms with Crippen LogP contribution in [0.15, 0.2) is 16.7 Å². The number of imide groups is 2. The molecule has 8 heteroatoms. The largest absolute Gasteiger partial charge is 0.478 e. The number of likely N-dealkylation sites (N-methyl/N-ethyl adjacent to an activating group) is 1. The van der Waals surface area contributed by atoms with Crippen molar-refractivity contribution in [1.82, 2.24) is 9.80 Å². The third kappa shape index (κ3) is 1.73. The van der Waals surface area contributed by atoms with Gasteiger partial charge in [0.25, 0.3) is 0 Å². The molecule has 1 N–H and O–H groups in total. The van der Waals surface area contributed by atoms with Gasteiger partial charge in [-0.1, -0.05) is 0 Å². The normalized spacial score (nSPS) is 15.7. The first-order valence-electron chi connectivity index (χ1n) is 4.86. The number of carboxylic acids is 1. The molecule has 0 saturated carbocycles. The van der Waals surface area contributed by atoms with Crippen LogP contribution in [0.3, 0.4) is 0 Å². The van der Waals surface area contributed by atoms with Gasteiger partial charge in [-0.05, 0) is 6.07 Å². The summed E-state index contributed by atoms with van der Waals surface area (Å²) in [6, 6.07) is 0.421. The Bertz CT molecular complexity index is 560. The van der Waals surface area contributed by atoms with Crippen molar-refractivity contribution in [3.63, 3.8) is 0 Å². The monoisotopic (exact) mass is 252 g/mol. The SMILES string of the molecule is CN1C(=O)C(=O)N(Cc2cc(C(=O)O)co2)C1=O. The standard InChI is InChI=1S/C10H8N2O6/c1-11-7(13)8(14)12(10(11)17)3-6-2-5(4-18-6)9(15)16/h2,4H,3H2,1H3,(H,15,16). The molecule has 94 valence electrons. The zero-order valence-corrected chi connectivity index (χ0v) is 9.24. The molecule has 1 aromatic heterocycles. The van der Waals surface area contributed by atoms with Gasteiger partial charge in [-0.2, -0.15) is 0 Å². The highest BCUT2D eigenvalue weighted by molar-refractivity contribution is 6.44. The van der Waals surface area contributed by atoms with E-state index in [9.17, 15) is 19.2 Å². The number of nitrogens with zero attached hydrogens (tertiary/aromatic N) is 2. The lowest BCUT2D eigenvalue weighted by molar-refractivity contribution is -0.143. The van der Waals surface area contributed by atoms with E-state index in [0.717, 1.165) is 6.26 Å². The minimum Gasteiger partial charge on any atom is -0.478 e. The van der Waals surface area contributed by atoms with E-state index in [-0.39, 0.29) is 17.9 Å². The summed E-state index contributed by atoms with van der Waals surface area (Å²) in [6.07, 6.45) is 0.994. The first kappa shape index (κ1) is 11.8. The van der Waals surface area contributed by atoms with Gasteiger partial charge in [-0.3, -0.25) is 14.5 Å². The number of carbonyl (C=O) groups is 4. The second-order valence-corrected chi connectivity index (χ2v) is 3.64. The summed E-state index contributed by atoms with van der Waals surface area (Å²) in [5, 5.41) is 8.68. The lowest BCUT2D eigenvalue weighted by atomic mass is 10.3. The van der Waals surface area contributed by atoms with Crippen molar-refractivity contribution in [2.75, 3.05) is 7.05 Å². The molecule has 1 saturated heterocycles. The predicted molar refractivity (Wildman–Crippen MR) is 54.4 cm³/mol. The molecule has 0 bridgehead atoms. The van der Waals surface area contributed by atoms with Crippen LogP contribution in [0.5, 0.6) is 0 Å². The van der Waals surface area contributed by atoms with Crippen LogP contribution in [-0.4, -0.2) is 45.8 Å². The zero-order valence-electron chi connectivity index (χ0n) is 9.24. The molecule has 2 rings (SSSR count). The van der Waals surface area contributed by atoms with Gasteiger partial charge in [0, 0.05) is 7.05 Å². The fraction of sp³-hybridized carbons (Fsp3) is 0.200. The smallest absolute Gasteiger partial charge is 0.338 e. The van der Waals surface area contributed by atoms with E-state index >= 15 is 0 Å². The fourth-order valence-corrected chi connectivity index (χ4v) is 1.48. The van der Waals surface area contributed by atoms with E-state index in [2.05, 4.69) is 0 Å². The Morgan fingerprint density at radius 2 is 2.00 bits per heavy atom. The van der Waals surface area contributed by atoms with E-state index in [1.807, 2.05) is 0 Å². The van der Waals surface area contributed by atoms with Crippen LogP contribution in [0.1, 0.15) is 16.1 Å². The number of hydrogen-bond donors (Lipinski definition) is 1. The number of carbonyl (C=O) groups excluding carboxylic acids is 3. The van der Waals surface area contributed by atoms with Gasteiger partial charge in [-0.25, -0.2) is 14.5 Å². The Kier molecular flexibility index (Phi) is 2.62. The van der Waals surface area contributed by atoms with Crippen LogP contribution in [0.2, 0.25) is 0 Å². The molecule has 1 aliphatic heterocycles. The van der Waals surface area contributed by atoms with Gasteiger partial charge in [0.05, 0.1) is 12.1 Å². The van der Waals surface area contributed by atoms with Gasteiger partial charge in [0.1, 0.15) is 12.0 Å². The maximum atomic E-state index is 11.5. The number of hydrogen-bond acceptors (Lipinski definition) is 5. The molecule has 1 fully saturated rings. The van der Waals surface area contributed by atoms with Crippen LogP contribution in [-0.2, 0) is 16.1 Å². The maximum absolute atomic E-state index is 11.5. The molecule has 0 aliphatic carbocycles. The molecule has 4 amide bonds. The zero-order chi connectivity index (χ0) is 13.4. The number of carboxylic acid groups (broad SMARTS) is 1. The van der Waals surface area contributed by atoms with Crippen molar-refractivity contribution < 1.29 is 28.7 Å². The summed E-state index contributed by atoms with van der Waals surface area (Å²) in [5.41, 5.74) is -0.0937. The first-order chi connectivity index (χ1) is 8.41. The van der Waals surface area contributed by atoms with Crippen molar-refractivity contribution in [2.24, 2.45) is 0 Å². The second kappa shape index (κ2) is 3.99. The molecular formula is C10H8N2O6. The lowest BCUT2D eigenvalue weighted by Gasteiger charge is -2.10. The van der Waals surface area contributed by atoms with Crippen LogP contribution in [0.4, 0.5) is 4.79 Å². The third-order valence-electron chi connectivity index (χ3n) is 2.47. The number of amides is 4. The van der Waals surface area contributed by atoms with Gasteiger partial charge in [-0.15, -0.1) is 0 Å². The summed E-state index contributed by atoms with van der Waals surface area (Å²) in [6.45, 7) is -0.277. The Balaban J connectivity index is 2.19. The molecule has 0 radical (unpaired) electrons. The molecule has 1 aliphatic rings. The molecular weight excluding hydrogens is 244 g/mol. The van der Waals surface area contributed by atoms with Crippen LogP contribution >= 0.6 is 0 Å². The Hall–Kier alpha value is -2.64. The second-order valence-electron chi connectivity index (χ2n) is 3.64. The van der Waals surface area contributed by atoms with E-state index in [4.69, 9.17) is 9.52 Å². The van der Waals surface area contributed by atoms with Crippen molar-refractivity contribution in [1.29, 1.82) is 0 Å². The van der Waals surface area contributed by atoms with E-state index in [0.29, 0.717) is 9.80 Å². The average molecular weight is 252 g/mol. The number of furan rings is 1. The number of urea groups is 1. The molecule has 0 unspecified atom stereocenters. The van der Waals surface area contributed by atoms with Gasteiger partial charge < -0.3 is 9.52 Å². The minimum absolute atomic E-state index is 0.0937. The maximum Gasteiger partial charge on any atom is 0.338 e. The molecule has 18 heavy (non-hydrogen) atoms. The highest BCUT2D eigenvalue weighted by atomic mass is 16.4. The molecule has 1 aromatic rings. The summed E-state index contributed by atoms with van der Waals surface area (Å²) < 4.78 is 4.90. The molecule has 0 atom stereocenters. The Labute approximate surface area is 100 Å². The van der Waals surface area contributed by atoms with Crippen molar-refractivity contribution >= 4 is 23.8 Å². The quantitative estimate of drug-likeness (QED) is 0.594. The van der Waals surface area contributed by atoms with Gasteiger partial charge in [0.2, 0.25) is 0 Å². The van der Waals surface area contributed by atoms with Crippen molar-refractivity contribution in [3.8, 4) is 0 Å². The topological polar surface area (TPSA) is 108 Å². The Morgan fingerprint density at radius 1 is 1.33 bits per heavy atom. The van der Waals surface area contributed by atoms with E-state index in [1.54, 1.807) is 0 Å². The molecule has 0 aromatic carbocycles. The lowest BCUT2D eigenvalue weighted by Crippen LogP contribution is -2.30. The average Bonchev–Trinajstić information content (AvgIpc) is 2.86. The van der Waals surface area contributed by atoms with Crippen LogP contribution < -0.4 is 0 Å². The summed E-state index contributed by atoms with van der Waals surface area (Å²) in [7, 11) is 1.19. The first-order valence-corrected chi connectivity index (χ1v) is 4.86. The molecule has 2 heterocycles. The molecule has 0 spiro atoms. The summed E-state index contributed by atoms with van der Waals surface area (Å²) in [5.74, 6) is -2.96. The van der Waals surface area contributed by atoms with Crippen molar-refractivity contribution in [3.05, 3.63) is 23.7 Å². The highest BCUT2D eigenvalue weighted by Crippen LogP contribution is 2.16. The highest BCUT2D eigenvalue weighted by Gasteiger charge is 2.42. The van der Waals surface area contributed by atoms with Gasteiger partial charge in [0.15, 0.2) is 0 Å². The number of rotatable bonds is 3. The summed E-state index contributed by atoms with van der Waals surface area (Å²) in [4.78, 5) is 46.2. The van der Waals surface area contributed by atoms with Crippen molar-refractivity contribution in [2.45, 2.75) is 6.54 Å². The van der Waals surface area contributed by atoms with Gasteiger partial charge >= 0.3 is 23.8 Å². The van der Waals surface area contributed by atoms with E-state index in [1.165, 1.54) is 13.1 Å². The third-order valence-corrected chi connectivity index (χ3v) is 2.47. The number of aromatic carboxylic acids is 1. The Morgan fingerprint density at radius 3 is 2.44 bits per heavy atom.